The van der Waals surface area contributed by atoms with Gasteiger partial charge < -0.3 is 24.4 Å². The van der Waals surface area contributed by atoms with Gasteiger partial charge in [-0.3, -0.25) is 14.4 Å². The van der Waals surface area contributed by atoms with Gasteiger partial charge in [0.25, 0.3) is 0 Å². The lowest BCUT2D eigenvalue weighted by molar-refractivity contribution is -0.156. The summed E-state index contributed by atoms with van der Waals surface area (Å²) in [7, 11) is 0. The van der Waals surface area contributed by atoms with Crippen LogP contribution < -0.4 is 0 Å². The molecule has 0 aliphatic carbocycles. The number of fused-ring (bicyclic) bond motifs is 2. The molecule has 4 aliphatic rings. The first-order valence-corrected chi connectivity index (χ1v) is 13.9. The summed E-state index contributed by atoms with van der Waals surface area (Å²) < 4.78 is 12.0. The maximum absolute atomic E-state index is 14.7. The van der Waals surface area contributed by atoms with Gasteiger partial charge in [0.2, 0.25) is 11.8 Å². The lowest BCUT2D eigenvalue weighted by atomic mass is 9.77. The van der Waals surface area contributed by atoms with Crippen LogP contribution in [0.4, 0.5) is 0 Å². The summed E-state index contributed by atoms with van der Waals surface area (Å²) in [5.74, 6) is -2.89. The second-order valence-electron chi connectivity index (χ2n) is 13.1. The average Bonchev–Trinajstić information content (AvgIpc) is 3.16. The molecule has 8 nitrogen and oxygen atoms in total. The number of amides is 2. The lowest BCUT2D eigenvalue weighted by Crippen LogP contribution is -2.62. The van der Waals surface area contributed by atoms with Gasteiger partial charge in [-0.05, 0) is 43.7 Å². The Morgan fingerprint density at radius 3 is 2.44 bits per heavy atom. The van der Waals surface area contributed by atoms with E-state index in [2.05, 4.69) is 20.8 Å². The summed E-state index contributed by atoms with van der Waals surface area (Å²) in [5.41, 5.74) is -0.973. The van der Waals surface area contributed by atoms with Crippen molar-refractivity contribution in [1.82, 2.24) is 9.80 Å². The minimum absolute atomic E-state index is 0.0439. The lowest BCUT2D eigenvalue weighted by Gasteiger charge is -2.45. The van der Waals surface area contributed by atoms with Crippen molar-refractivity contribution in [2.24, 2.45) is 17.3 Å². The van der Waals surface area contributed by atoms with E-state index in [0.29, 0.717) is 13.0 Å². The molecular formula is C31H40N2O6. The molecule has 2 saturated heterocycles. The molecule has 1 aromatic rings. The van der Waals surface area contributed by atoms with Gasteiger partial charge in [-0.2, -0.15) is 0 Å². The molecule has 0 bridgehead atoms. The van der Waals surface area contributed by atoms with Gasteiger partial charge in [0.05, 0.1) is 24.7 Å². The van der Waals surface area contributed by atoms with Gasteiger partial charge in [-0.15, -0.1) is 0 Å². The topological polar surface area (TPSA) is 96.4 Å². The molecule has 0 radical (unpaired) electrons. The molecule has 0 aromatic heterocycles. The molecule has 210 valence electrons. The SMILES string of the molecule is CC(C)(C)CC(C)(C)N1CC=C[C@]23O[C@H]4C=CCOC(=O)[C@H]4[C@H]2C(=O)N([C@@H](CO)Cc2ccccc2)C3C1=O. The largest absolute Gasteiger partial charge is 0.461 e. The quantitative estimate of drug-likeness (QED) is 0.444. The van der Waals surface area contributed by atoms with Gasteiger partial charge in [-0.25, -0.2) is 0 Å². The van der Waals surface area contributed by atoms with Crippen molar-refractivity contribution >= 4 is 17.8 Å². The number of aliphatic hydroxyl groups excluding tert-OH is 1. The summed E-state index contributed by atoms with van der Waals surface area (Å²) in [4.78, 5) is 45.6. The zero-order chi connectivity index (χ0) is 28.2. The van der Waals surface area contributed by atoms with Crippen LogP contribution in [0.1, 0.15) is 46.6 Å². The molecule has 4 heterocycles. The minimum Gasteiger partial charge on any atom is -0.461 e. The number of cyclic esters (lactones) is 1. The van der Waals surface area contributed by atoms with Crippen LogP contribution >= 0.6 is 0 Å². The monoisotopic (exact) mass is 536 g/mol. The number of ether oxygens (including phenoxy) is 2. The van der Waals surface area contributed by atoms with Crippen LogP contribution in [0.25, 0.3) is 0 Å². The first kappa shape index (κ1) is 27.6. The van der Waals surface area contributed by atoms with Crippen LogP contribution in [0.3, 0.4) is 0 Å². The fraction of sp³-hybridized carbons (Fsp3) is 0.581. The maximum atomic E-state index is 14.7. The molecule has 1 unspecified atom stereocenters. The van der Waals surface area contributed by atoms with Gasteiger partial charge in [0, 0.05) is 12.1 Å². The Morgan fingerprint density at radius 1 is 1.05 bits per heavy atom. The highest BCUT2D eigenvalue weighted by atomic mass is 16.6. The van der Waals surface area contributed by atoms with Crippen LogP contribution in [0.5, 0.6) is 0 Å². The third kappa shape index (κ3) is 4.72. The maximum Gasteiger partial charge on any atom is 0.313 e. The Labute approximate surface area is 230 Å². The molecule has 6 atom stereocenters. The van der Waals surface area contributed by atoms with E-state index in [4.69, 9.17) is 9.47 Å². The van der Waals surface area contributed by atoms with Gasteiger partial charge in [-0.1, -0.05) is 69.3 Å². The number of hydrogen-bond donors (Lipinski definition) is 1. The smallest absolute Gasteiger partial charge is 0.313 e. The van der Waals surface area contributed by atoms with Crippen molar-refractivity contribution in [3.05, 3.63) is 60.2 Å². The molecular weight excluding hydrogens is 496 g/mol. The fourth-order valence-corrected chi connectivity index (χ4v) is 7.38. The van der Waals surface area contributed by atoms with Crippen molar-refractivity contribution in [1.29, 1.82) is 0 Å². The van der Waals surface area contributed by atoms with Crippen LogP contribution in [-0.4, -0.2) is 81.8 Å². The first-order chi connectivity index (χ1) is 18.4. The van der Waals surface area contributed by atoms with Crippen molar-refractivity contribution in [2.75, 3.05) is 19.8 Å². The number of hydrogen-bond acceptors (Lipinski definition) is 6. The van der Waals surface area contributed by atoms with Crippen molar-refractivity contribution in [3.63, 3.8) is 0 Å². The van der Waals surface area contributed by atoms with Crippen molar-refractivity contribution < 1.29 is 29.0 Å². The van der Waals surface area contributed by atoms with E-state index in [9.17, 15) is 19.5 Å². The predicted molar refractivity (Wildman–Crippen MR) is 145 cm³/mol. The zero-order valence-corrected chi connectivity index (χ0v) is 23.5. The summed E-state index contributed by atoms with van der Waals surface area (Å²) in [6, 6.07) is 7.90. The van der Waals surface area contributed by atoms with Crippen molar-refractivity contribution in [3.8, 4) is 0 Å². The predicted octanol–water partition coefficient (Wildman–Crippen LogP) is 2.90. The highest BCUT2D eigenvalue weighted by Crippen LogP contribution is 2.54. The van der Waals surface area contributed by atoms with E-state index >= 15 is 0 Å². The molecule has 39 heavy (non-hydrogen) atoms. The number of carbonyl (C=O) groups is 3. The summed E-state index contributed by atoms with van der Waals surface area (Å²) in [6.45, 7) is 10.7. The third-order valence-corrected chi connectivity index (χ3v) is 8.46. The average molecular weight is 537 g/mol. The van der Waals surface area contributed by atoms with Gasteiger partial charge in [0.1, 0.15) is 24.2 Å². The molecule has 8 heteroatoms. The molecule has 5 rings (SSSR count). The molecule has 1 aromatic carbocycles. The first-order valence-electron chi connectivity index (χ1n) is 13.9. The minimum atomic E-state index is -1.35. The molecule has 1 spiro atoms. The van der Waals surface area contributed by atoms with Crippen LogP contribution in [0.15, 0.2) is 54.6 Å². The molecule has 4 aliphatic heterocycles. The molecule has 2 fully saturated rings. The van der Waals surface area contributed by atoms with Gasteiger partial charge >= 0.3 is 5.97 Å². The second-order valence-corrected chi connectivity index (χ2v) is 13.1. The summed E-state index contributed by atoms with van der Waals surface area (Å²) >= 11 is 0. The summed E-state index contributed by atoms with van der Waals surface area (Å²) in [5, 5.41) is 10.6. The number of benzene rings is 1. The molecule has 0 saturated carbocycles. The highest BCUT2D eigenvalue weighted by Gasteiger charge is 2.73. The normalized spacial score (nSPS) is 31.4. The van der Waals surface area contributed by atoms with Crippen molar-refractivity contribution in [2.45, 2.75) is 76.8 Å². The highest BCUT2D eigenvalue weighted by molar-refractivity contribution is 5.99. The van der Waals surface area contributed by atoms with Gasteiger partial charge in [0.15, 0.2) is 0 Å². The van der Waals surface area contributed by atoms with E-state index in [-0.39, 0.29) is 30.4 Å². The standard InChI is InChI=1S/C31H40N2O6/c1-29(2,3)19-30(4,5)32-15-10-14-31-24(23-22(39-31)13-9-16-38-28(23)37)26(35)33(25(31)27(32)36)21(18-34)17-20-11-7-6-8-12-20/h6-14,21-25,34H,15-19H2,1-5H3/t21-,22+,23-,24+,25?,31+/m1/s1. The number of rotatable bonds is 6. The van der Waals surface area contributed by atoms with E-state index in [1.54, 1.807) is 12.2 Å². The second kappa shape index (κ2) is 9.89. The number of likely N-dealkylation sites (tertiary alicyclic amines) is 1. The third-order valence-electron chi connectivity index (χ3n) is 8.46. The number of esters is 1. The zero-order valence-electron chi connectivity index (χ0n) is 23.5. The van der Waals surface area contributed by atoms with E-state index < -0.39 is 47.1 Å². The summed E-state index contributed by atoms with van der Waals surface area (Å²) in [6.07, 6.45) is 7.66. The van der Waals surface area contributed by atoms with E-state index in [0.717, 1.165) is 12.0 Å². The Morgan fingerprint density at radius 2 is 1.77 bits per heavy atom. The number of aliphatic hydroxyl groups is 1. The Bertz CT molecular complexity index is 1190. The fourth-order valence-electron chi connectivity index (χ4n) is 7.38. The Balaban J connectivity index is 1.62. The van der Waals surface area contributed by atoms with Crippen LogP contribution in [-0.2, 0) is 30.3 Å². The molecule has 1 N–H and O–H groups in total. The van der Waals surface area contributed by atoms with E-state index in [1.165, 1.54) is 4.90 Å². The number of nitrogens with zero attached hydrogens (tertiary/aromatic N) is 2. The Hall–Kier alpha value is -2.97. The van der Waals surface area contributed by atoms with E-state index in [1.807, 2.05) is 61.2 Å². The molecule has 2 amide bonds. The Kier molecular flexibility index (Phi) is 7.00. The number of carbonyl (C=O) groups excluding carboxylic acids is 3. The van der Waals surface area contributed by atoms with Crippen LogP contribution in [0.2, 0.25) is 0 Å². The van der Waals surface area contributed by atoms with Crippen LogP contribution in [0, 0.1) is 17.3 Å².